The summed E-state index contributed by atoms with van der Waals surface area (Å²) in [6.45, 7) is 5.84. The number of fused-ring (bicyclic) bond motifs is 2. The molecule has 0 bridgehead atoms. The van der Waals surface area contributed by atoms with Crippen LogP contribution in [0.15, 0.2) is 47.5 Å². The summed E-state index contributed by atoms with van der Waals surface area (Å²) in [4.78, 5) is 26.9. The van der Waals surface area contributed by atoms with Gasteiger partial charge >= 0.3 is 0 Å². The number of nitrogens with zero attached hydrogens (tertiary/aromatic N) is 5. The average Bonchev–Trinajstić information content (AvgIpc) is 3.13. The molecular weight excluding hydrogens is 442 g/mol. The molecule has 4 heterocycles. The van der Waals surface area contributed by atoms with E-state index < -0.39 is 0 Å². The zero-order chi connectivity index (χ0) is 23.9. The van der Waals surface area contributed by atoms with Crippen molar-refractivity contribution in [3.05, 3.63) is 64.2 Å². The number of aromatic nitrogens is 5. The Balaban J connectivity index is 1.41. The van der Waals surface area contributed by atoms with Crippen molar-refractivity contribution in [2.45, 2.75) is 58.2 Å². The molecule has 2 N–H and O–H groups in total. The Labute approximate surface area is 203 Å². The number of hydrogen-bond acceptors (Lipinski definition) is 7. The number of hydrogen-bond donors (Lipinski definition) is 2. The molecule has 180 valence electrons. The molecule has 4 aromatic rings. The lowest BCUT2D eigenvalue weighted by Crippen LogP contribution is -2.26. The van der Waals surface area contributed by atoms with Gasteiger partial charge in [0.1, 0.15) is 11.5 Å². The molecule has 1 aliphatic carbocycles. The van der Waals surface area contributed by atoms with Gasteiger partial charge in [-0.2, -0.15) is 4.98 Å². The van der Waals surface area contributed by atoms with Gasteiger partial charge in [0.25, 0.3) is 5.56 Å². The molecule has 1 saturated carbocycles. The fraction of sp³-hybridized carbons (Fsp3) is 0.385. The summed E-state index contributed by atoms with van der Waals surface area (Å²) >= 11 is 0. The van der Waals surface area contributed by atoms with Crippen molar-refractivity contribution in [1.29, 1.82) is 0 Å². The van der Waals surface area contributed by atoms with Crippen LogP contribution in [0, 0.1) is 0 Å². The van der Waals surface area contributed by atoms with E-state index in [1.807, 2.05) is 36.7 Å². The minimum atomic E-state index is -0.124. The molecule has 1 fully saturated rings. The third-order valence-corrected chi connectivity index (χ3v) is 6.76. The zero-order valence-corrected chi connectivity index (χ0v) is 20.0. The van der Waals surface area contributed by atoms with Gasteiger partial charge in [-0.3, -0.25) is 4.79 Å². The van der Waals surface area contributed by atoms with E-state index in [9.17, 15) is 4.79 Å². The summed E-state index contributed by atoms with van der Waals surface area (Å²) < 4.78 is 9.57. The van der Waals surface area contributed by atoms with Gasteiger partial charge in [0.15, 0.2) is 5.65 Å². The second-order valence-electron chi connectivity index (χ2n) is 9.54. The van der Waals surface area contributed by atoms with E-state index in [1.165, 1.54) is 17.5 Å². The lowest BCUT2D eigenvalue weighted by molar-refractivity contribution is 0.114. The Hall–Kier alpha value is -3.72. The van der Waals surface area contributed by atoms with Crippen molar-refractivity contribution in [3.8, 4) is 11.6 Å². The van der Waals surface area contributed by atoms with Crippen molar-refractivity contribution in [3.63, 3.8) is 0 Å². The highest BCUT2D eigenvalue weighted by Gasteiger charge is 2.22. The maximum Gasteiger partial charge on any atom is 0.278 e. The first kappa shape index (κ1) is 21.8. The predicted molar refractivity (Wildman–Crippen MR) is 135 cm³/mol. The zero-order valence-electron chi connectivity index (χ0n) is 20.0. The first-order valence-corrected chi connectivity index (χ1v) is 12.3. The van der Waals surface area contributed by atoms with Crippen molar-refractivity contribution in [2.24, 2.45) is 0 Å². The minimum absolute atomic E-state index is 0.0773. The lowest BCUT2D eigenvalue weighted by Gasteiger charge is -2.26. The highest BCUT2D eigenvalue weighted by molar-refractivity contribution is 5.77. The van der Waals surface area contributed by atoms with Crippen molar-refractivity contribution >= 4 is 22.7 Å². The number of nitrogens with one attached hydrogen (secondary N) is 2. The maximum atomic E-state index is 13.3. The summed E-state index contributed by atoms with van der Waals surface area (Å²) in [5.41, 5.74) is 4.78. The van der Waals surface area contributed by atoms with Crippen LogP contribution in [0.1, 0.15) is 50.3 Å². The van der Waals surface area contributed by atoms with Gasteiger partial charge in [0.05, 0.1) is 5.69 Å². The van der Waals surface area contributed by atoms with Crippen LogP contribution in [0.5, 0.6) is 5.88 Å². The van der Waals surface area contributed by atoms with E-state index in [4.69, 9.17) is 9.72 Å². The van der Waals surface area contributed by atoms with Crippen LogP contribution in [0.25, 0.3) is 16.7 Å². The largest absolute Gasteiger partial charge is 0.474 e. The highest BCUT2D eigenvalue weighted by atomic mass is 16.5. The number of benzene rings is 1. The summed E-state index contributed by atoms with van der Waals surface area (Å²) in [6, 6.07) is 10.0. The van der Waals surface area contributed by atoms with Crippen LogP contribution in [-0.2, 0) is 13.0 Å². The van der Waals surface area contributed by atoms with Crippen molar-refractivity contribution < 1.29 is 4.74 Å². The molecule has 35 heavy (non-hydrogen) atoms. The second-order valence-corrected chi connectivity index (χ2v) is 9.54. The SMILES string of the molecule is CC(C)n1c(=O)c2cnc(Nc3ccc4c(c3)CCNC4)nc2n1-c1ccnc(OC2CCC2)c1. The molecule has 0 radical (unpaired) electrons. The van der Waals surface area contributed by atoms with Crippen LogP contribution < -0.4 is 20.9 Å². The first-order valence-electron chi connectivity index (χ1n) is 12.3. The van der Waals surface area contributed by atoms with Gasteiger partial charge in [0, 0.05) is 36.7 Å². The van der Waals surface area contributed by atoms with E-state index >= 15 is 0 Å². The Morgan fingerprint density at radius 3 is 2.83 bits per heavy atom. The number of ether oxygens (including phenoxy) is 1. The van der Waals surface area contributed by atoms with Crippen LogP contribution in [-0.4, -0.2) is 37.0 Å². The van der Waals surface area contributed by atoms with Gasteiger partial charge in [-0.15, -0.1) is 0 Å². The highest BCUT2D eigenvalue weighted by Crippen LogP contribution is 2.27. The molecule has 0 atom stereocenters. The summed E-state index contributed by atoms with van der Waals surface area (Å²) in [5, 5.41) is 7.20. The van der Waals surface area contributed by atoms with E-state index in [2.05, 4.69) is 32.7 Å². The van der Waals surface area contributed by atoms with Crippen LogP contribution in [0.4, 0.5) is 11.6 Å². The van der Waals surface area contributed by atoms with Gasteiger partial charge in [-0.05, 0) is 75.4 Å². The van der Waals surface area contributed by atoms with Crippen molar-refractivity contribution in [2.75, 3.05) is 11.9 Å². The molecule has 2 aliphatic rings. The molecule has 1 aromatic carbocycles. The van der Waals surface area contributed by atoms with Crippen LogP contribution in [0.3, 0.4) is 0 Å². The molecular formula is C26H29N7O2. The number of rotatable bonds is 6. The Bertz CT molecular complexity index is 1450. The maximum absolute atomic E-state index is 13.3. The monoisotopic (exact) mass is 471 g/mol. The fourth-order valence-corrected chi connectivity index (χ4v) is 4.71. The van der Waals surface area contributed by atoms with Gasteiger partial charge in [-0.25, -0.2) is 19.3 Å². The molecule has 1 aliphatic heterocycles. The first-order chi connectivity index (χ1) is 17.1. The molecule has 9 nitrogen and oxygen atoms in total. The second kappa shape index (κ2) is 8.81. The molecule has 6 rings (SSSR count). The Morgan fingerprint density at radius 2 is 2.03 bits per heavy atom. The topological polar surface area (TPSA) is 98.9 Å². The number of pyridine rings is 1. The molecule has 0 spiro atoms. The van der Waals surface area contributed by atoms with Gasteiger partial charge < -0.3 is 15.4 Å². The summed E-state index contributed by atoms with van der Waals surface area (Å²) in [5.74, 6) is 1.01. The summed E-state index contributed by atoms with van der Waals surface area (Å²) in [6.07, 6.45) is 7.83. The smallest absolute Gasteiger partial charge is 0.278 e. The van der Waals surface area contributed by atoms with Gasteiger partial charge in [0.2, 0.25) is 11.8 Å². The quantitative estimate of drug-likeness (QED) is 0.440. The average molecular weight is 472 g/mol. The minimum Gasteiger partial charge on any atom is -0.474 e. The standard InChI is InChI=1S/C26H29N7O2/c1-16(2)32-25(34)22-15-29-26(30-19-7-6-18-14-27-10-8-17(18)12-19)31-24(22)33(32)20-9-11-28-23(13-20)35-21-4-3-5-21/h6-7,9,11-13,15-16,21,27H,3-5,8,10,14H2,1-2H3,(H,29,30,31). The Morgan fingerprint density at radius 1 is 1.14 bits per heavy atom. The van der Waals surface area contributed by atoms with E-state index in [0.717, 1.165) is 43.7 Å². The molecule has 0 unspecified atom stereocenters. The molecule has 0 saturated heterocycles. The van der Waals surface area contributed by atoms with Gasteiger partial charge in [-0.1, -0.05) is 6.07 Å². The van der Waals surface area contributed by atoms with Crippen molar-refractivity contribution in [1.82, 2.24) is 29.6 Å². The lowest BCUT2D eigenvalue weighted by atomic mass is 9.96. The normalized spacial score (nSPS) is 15.7. The predicted octanol–water partition coefficient (Wildman–Crippen LogP) is 3.88. The van der Waals surface area contributed by atoms with Crippen LogP contribution >= 0.6 is 0 Å². The molecule has 3 aromatic heterocycles. The fourth-order valence-electron chi connectivity index (χ4n) is 4.71. The third kappa shape index (κ3) is 4.05. The van der Waals surface area contributed by atoms with E-state index in [0.29, 0.717) is 22.9 Å². The Kier molecular flexibility index (Phi) is 5.49. The van der Waals surface area contributed by atoms with Crippen LogP contribution in [0.2, 0.25) is 0 Å². The van der Waals surface area contributed by atoms with E-state index in [-0.39, 0.29) is 17.7 Å². The molecule has 9 heteroatoms. The molecule has 0 amide bonds. The van der Waals surface area contributed by atoms with E-state index in [1.54, 1.807) is 17.1 Å². The summed E-state index contributed by atoms with van der Waals surface area (Å²) in [7, 11) is 0. The number of anilines is 2. The third-order valence-electron chi connectivity index (χ3n) is 6.76.